The lowest BCUT2D eigenvalue weighted by molar-refractivity contribution is 0.0754. The second-order valence-corrected chi connectivity index (χ2v) is 3.68. The molecule has 0 saturated heterocycles. The van der Waals surface area contributed by atoms with Crippen molar-refractivity contribution in [2.45, 2.75) is 13.3 Å². The van der Waals surface area contributed by atoms with Gasteiger partial charge in [0.2, 0.25) is 0 Å². The second kappa shape index (κ2) is 6.30. The van der Waals surface area contributed by atoms with Gasteiger partial charge in [-0.15, -0.1) is 0 Å². The number of nitrogens with two attached hydrogens (primary N) is 1. The highest BCUT2D eigenvalue weighted by Crippen LogP contribution is 2.13. The lowest BCUT2D eigenvalue weighted by Gasteiger charge is -2.21. The van der Waals surface area contributed by atoms with Crippen LogP contribution in [0.3, 0.4) is 0 Å². The van der Waals surface area contributed by atoms with Crippen molar-refractivity contribution in [1.29, 1.82) is 0 Å². The summed E-state index contributed by atoms with van der Waals surface area (Å²) in [7, 11) is 0. The highest BCUT2D eigenvalue weighted by atomic mass is 19.2. The van der Waals surface area contributed by atoms with Gasteiger partial charge in [-0.3, -0.25) is 4.79 Å². The van der Waals surface area contributed by atoms with Gasteiger partial charge in [-0.25, -0.2) is 8.78 Å². The second-order valence-electron chi connectivity index (χ2n) is 3.68. The molecule has 0 radical (unpaired) electrons. The smallest absolute Gasteiger partial charge is 0.256 e. The van der Waals surface area contributed by atoms with Crippen molar-refractivity contribution in [3.05, 3.63) is 35.4 Å². The predicted octanol–water partition coefficient (Wildman–Crippen LogP) is 1.78. The fourth-order valence-electron chi connectivity index (χ4n) is 1.58. The number of halogens is 2. The maximum atomic E-state index is 13.4. The Morgan fingerprint density at radius 3 is 2.65 bits per heavy atom. The number of nitrogens with zero attached hydrogens (tertiary/aromatic N) is 1. The van der Waals surface area contributed by atoms with Gasteiger partial charge in [-0.1, -0.05) is 13.0 Å². The zero-order valence-corrected chi connectivity index (χ0v) is 9.75. The van der Waals surface area contributed by atoms with Crippen molar-refractivity contribution in [1.82, 2.24) is 4.90 Å². The Bertz CT molecular complexity index is 390. The molecule has 17 heavy (non-hydrogen) atoms. The van der Waals surface area contributed by atoms with Crippen molar-refractivity contribution in [3.63, 3.8) is 0 Å². The van der Waals surface area contributed by atoms with Crippen LogP contribution in [0, 0.1) is 11.6 Å². The van der Waals surface area contributed by atoms with Gasteiger partial charge in [0, 0.05) is 19.6 Å². The van der Waals surface area contributed by atoms with Crippen LogP contribution in [0.1, 0.15) is 23.7 Å². The number of benzene rings is 1. The summed E-state index contributed by atoms with van der Waals surface area (Å²) in [6.45, 7) is 3.01. The van der Waals surface area contributed by atoms with Gasteiger partial charge in [0.15, 0.2) is 11.6 Å². The molecule has 94 valence electrons. The monoisotopic (exact) mass is 242 g/mol. The number of hydrogen-bond acceptors (Lipinski definition) is 2. The summed E-state index contributed by atoms with van der Waals surface area (Å²) in [6.07, 6.45) is 0.739. The lowest BCUT2D eigenvalue weighted by atomic mass is 10.1. The largest absolute Gasteiger partial charge is 0.337 e. The Morgan fingerprint density at radius 1 is 1.35 bits per heavy atom. The highest BCUT2D eigenvalue weighted by Gasteiger charge is 2.19. The molecule has 0 saturated carbocycles. The van der Waals surface area contributed by atoms with E-state index < -0.39 is 17.5 Å². The van der Waals surface area contributed by atoms with E-state index in [1.807, 2.05) is 6.92 Å². The summed E-state index contributed by atoms with van der Waals surface area (Å²) in [6, 6.07) is 3.58. The molecule has 5 heteroatoms. The summed E-state index contributed by atoms with van der Waals surface area (Å²) < 4.78 is 26.4. The lowest BCUT2D eigenvalue weighted by Crippen LogP contribution is -2.36. The van der Waals surface area contributed by atoms with Crippen molar-refractivity contribution < 1.29 is 13.6 Å². The molecular weight excluding hydrogens is 226 g/mol. The predicted molar refractivity (Wildman–Crippen MR) is 61.6 cm³/mol. The average Bonchev–Trinajstić information content (AvgIpc) is 2.31. The van der Waals surface area contributed by atoms with Gasteiger partial charge >= 0.3 is 0 Å². The van der Waals surface area contributed by atoms with Crippen LogP contribution in [0.15, 0.2) is 18.2 Å². The molecule has 1 aromatic carbocycles. The van der Waals surface area contributed by atoms with Crippen LogP contribution in [-0.2, 0) is 0 Å². The zero-order valence-electron chi connectivity index (χ0n) is 9.75. The maximum absolute atomic E-state index is 13.4. The first-order valence-electron chi connectivity index (χ1n) is 5.55. The number of amides is 1. The van der Waals surface area contributed by atoms with Gasteiger partial charge in [-0.2, -0.15) is 0 Å². The van der Waals surface area contributed by atoms with Crippen LogP contribution >= 0.6 is 0 Å². The van der Waals surface area contributed by atoms with E-state index in [0.29, 0.717) is 19.6 Å². The van der Waals surface area contributed by atoms with Crippen molar-refractivity contribution in [3.8, 4) is 0 Å². The third-order valence-electron chi connectivity index (χ3n) is 2.36. The molecule has 2 N–H and O–H groups in total. The minimum atomic E-state index is -1.10. The molecule has 0 spiro atoms. The maximum Gasteiger partial charge on any atom is 0.256 e. The molecule has 0 heterocycles. The van der Waals surface area contributed by atoms with E-state index in [0.717, 1.165) is 12.5 Å². The van der Waals surface area contributed by atoms with Gasteiger partial charge in [0.1, 0.15) is 0 Å². The van der Waals surface area contributed by atoms with E-state index >= 15 is 0 Å². The third-order valence-corrected chi connectivity index (χ3v) is 2.36. The van der Waals surface area contributed by atoms with Crippen LogP contribution in [0.2, 0.25) is 0 Å². The molecule has 0 aliphatic carbocycles. The standard InChI is InChI=1S/C12H16F2N2O/c1-2-7-16(8-6-15)12(17)9-4-3-5-10(13)11(9)14/h3-5H,2,6-8,15H2,1H3. The Morgan fingerprint density at radius 2 is 2.06 bits per heavy atom. The molecule has 1 rings (SSSR count). The summed E-state index contributed by atoms with van der Waals surface area (Å²) in [5.41, 5.74) is 5.14. The normalized spacial score (nSPS) is 10.4. The quantitative estimate of drug-likeness (QED) is 0.855. The average molecular weight is 242 g/mol. The van der Waals surface area contributed by atoms with E-state index in [2.05, 4.69) is 0 Å². The topological polar surface area (TPSA) is 46.3 Å². The van der Waals surface area contributed by atoms with Crippen LogP contribution in [0.5, 0.6) is 0 Å². The Balaban J connectivity index is 2.96. The van der Waals surface area contributed by atoms with E-state index in [9.17, 15) is 13.6 Å². The summed E-state index contributed by atoms with van der Waals surface area (Å²) in [5, 5.41) is 0. The highest BCUT2D eigenvalue weighted by molar-refractivity contribution is 5.94. The number of rotatable bonds is 5. The minimum absolute atomic E-state index is 0.244. The van der Waals surface area contributed by atoms with E-state index in [1.54, 1.807) is 0 Å². The molecule has 0 atom stereocenters. The van der Waals surface area contributed by atoms with Crippen LogP contribution in [0.25, 0.3) is 0 Å². The minimum Gasteiger partial charge on any atom is -0.337 e. The molecule has 0 aliphatic rings. The molecule has 0 unspecified atom stereocenters. The Labute approximate surface area is 99.2 Å². The van der Waals surface area contributed by atoms with Crippen molar-refractivity contribution in [2.24, 2.45) is 5.73 Å². The molecule has 1 amide bonds. The number of hydrogen-bond donors (Lipinski definition) is 1. The number of carbonyl (C=O) groups is 1. The fraction of sp³-hybridized carbons (Fsp3) is 0.417. The molecule has 0 bridgehead atoms. The zero-order chi connectivity index (χ0) is 12.8. The Kier molecular flexibility index (Phi) is 5.03. The Hall–Kier alpha value is -1.49. The molecule has 3 nitrogen and oxygen atoms in total. The first kappa shape index (κ1) is 13.6. The summed E-state index contributed by atoms with van der Waals surface area (Å²) in [5.74, 6) is -2.63. The first-order valence-corrected chi connectivity index (χ1v) is 5.55. The molecule has 1 aromatic rings. The third kappa shape index (κ3) is 3.23. The molecule has 0 aliphatic heterocycles. The van der Waals surface area contributed by atoms with Gasteiger partial charge in [-0.05, 0) is 18.6 Å². The number of carbonyl (C=O) groups excluding carboxylic acids is 1. The van der Waals surface area contributed by atoms with E-state index in [1.165, 1.54) is 17.0 Å². The van der Waals surface area contributed by atoms with E-state index in [-0.39, 0.29) is 5.56 Å². The van der Waals surface area contributed by atoms with E-state index in [4.69, 9.17) is 5.73 Å². The van der Waals surface area contributed by atoms with Gasteiger partial charge in [0.25, 0.3) is 5.91 Å². The van der Waals surface area contributed by atoms with Crippen molar-refractivity contribution in [2.75, 3.05) is 19.6 Å². The van der Waals surface area contributed by atoms with Crippen LogP contribution in [-0.4, -0.2) is 30.4 Å². The van der Waals surface area contributed by atoms with Crippen LogP contribution in [0.4, 0.5) is 8.78 Å². The molecule has 0 aromatic heterocycles. The van der Waals surface area contributed by atoms with Crippen LogP contribution < -0.4 is 5.73 Å². The fourth-order valence-corrected chi connectivity index (χ4v) is 1.58. The molecular formula is C12H16F2N2O. The SMILES string of the molecule is CCCN(CCN)C(=O)c1cccc(F)c1F. The first-order chi connectivity index (χ1) is 8.11. The van der Waals surface area contributed by atoms with Crippen molar-refractivity contribution >= 4 is 5.91 Å². The van der Waals surface area contributed by atoms with Gasteiger partial charge < -0.3 is 10.6 Å². The molecule has 0 fully saturated rings. The summed E-state index contributed by atoms with van der Waals surface area (Å²) in [4.78, 5) is 13.4. The van der Waals surface area contributed by atoms with Gasteiger partial charge in [0.05, 0.1) is 5.56 Å². The summed E-state index contributed by atoms with van der Waals surface area (Å²) >= 11 is 0.